The number of ether oxygens (including phenoxy) is 1. The molecule has 0 amide bonds. The van der Waals surface area contributed by atoms with Gasteiger partial charge in [0.2, 0.25) is 5.88 Å². The summed E-state index contributed by atoms with van der Waals surface area (Å²) in [7, 11) is 0. The molecule has 104 valence electrons. The van der Waals surface area contributed by atoms with E-state index in [1.54, 1.807) is 6.20 Å². The molecule has 1 heterocycles. The van der Waals surface area contributed by atoms with Crippen molar-refractivity contribution in [2.75, 3.05) is 0 Å². The number of rotatable bonds is 2. The summed E-state index contributed by atoms with van der Waals surface area (Å²) in [5.41, 5.74) is 2.31. The molecule has 0 saturated heterocycles. The van der Waals surface area contributed by atoms with Gasteiger partial charge >= 0.3 is 0 Å². The van der Waals surface area contributed by atoms with Gasteiger partial charge in [-0.1, -0.05) is 45.9 Å². The van der Waals surface area contributed by atoms with Crippen LogP contribution in [0.15, 0.2) is 42.6 Å². The normalized spacial score (nSPS) is 8.53. The summed E-state index contributed by atoms with van der Waals surface area (Å²) in [6.07, 6.45) is 1.80. The number of nitrogens with zero attached hydrogens (tertiary/aromatic N) is 1. The molecule has 0 saturated carbocycles. The lowest BCUT2D eigenvalue weighted by atomic mass is 10.2. The van der Waals surface area contributed by atoms with Gasteiger partial charge in [-0.3, -0.25) is 0 Å². The van der Waals surface area contributed by atoms with Crippen LogP contribution in [0.2, 0.25) is 0 Å². The van der Waals surface area contributed by atoms with E-state index in [9.17, 15) is 0 Å². The summed E-state index contributed by atoms with van der Waals surface area (Å²) in [5, 5.41) is 0. The van der Waals surface area contributed by atoms with Crippen LogP contribution in [0.5, 0.6) is 11.6 Å². The van der Waals surface area contributed by atoms with Crippen LogP contribution in [0.1, 0.15) is 38.8 Å². The van der Waals surface area contributed by atoms with Gasteiger partial charge in [-0.2, -0.15) is 0 Å². The van der Waals surface area contributed by atoms with E-state index in [0.717, 1.165) is 11.3 Å². The van der Waals surface area contributed by atoms with Crippen molar-refractivity contribution in [2.45, 2.75) is 41.5 Å². The van der Waals surface area contributed by atoms with Gasteiger partial charge < -0.3 is 4.74 Å². The molecule has 0 radical (unpaired) electrons. The van der Waals surface area contributed by atoms with Crippen molar-refractivity contribution in [2.24, 2.45) is 0 Å². The zero-order chi connectivity index (χ0) is 14.7. The lowest BCUT2D eigenvalue weighted by Crippen LogP contribution is -1.88. The first-order valence-electron chi connectivity index (χ1n) is 6.91. The van der Waals surface area contributed by atoms with E-state index in [-0.39, 0.29) is 0 Å². The minimum absolute atomic E-state index is 0.631. The van der Waals surface area contributed by atoms with E-state index in [2.05, 4.69) is 4.98 Å². The monoisotopic (exact) mass is 259 g/mol. The standard InChI is InChI=1S/C13H13NO.2C2H6/c1-10-4-3-5-12(8-10)15-13-7-6-11(2)9-14-13;2*1-2/h3-9H,1-2H3;2*1-2H3. The quantitative estimate of drug-likeness (QED) is 0.706. The van der Waals surface area contributed by atoms with Crippen molar-refractivity contribution in [1.82, 2.24) is 4.98 Å². The van der Waals surface area contributed by atoms with Crippen molar-refractivity contribution < 1.29 is 4.74 Å². The van der Waals surface area contributed by atoms with Gasteiger partial charge in [0.15, 0.2) is 0 Å². The summed E-state index contributed by atoms with van der Waals surface area (Å²) in [6.45, 7) is 12.0. The maximum atomic E-state index is 5.60. The van der Waals surface area contributed by atoms with Crippen LogP contribution in [0, 0.1) is 13.8 Å². The molecule has 2 nitrogen and oxygen atoms in total. The molecule has 2 aromatic rings. The van der Waals surface area contributed by atoms with E-state index in [1.165, 1.54) is 5.56 Å². The number of aryl methyl sites for hydroxylation is 2. The molecule has 0 bridgehead atoms. The average molecular weight is 259 g/mol. The highest BCUT2D eigenvalue weighted by atomic mass is 16.5. The fourth-order valence-electron chi connectivity index (χ4n) is 1.31. The molecule has 2 rings (SSSR count). The average Bonchev–Trinajstić information content (AvgIpc) is 2.46. The molecule has 0 aliphatic rings. The fraction of sp³-hybridized carbons (Fsp3) is 0.353. The zero-order valence-corrected chi connectivity index (χ0v) is 12.9. The number of hydrogen-bond donors (Lipinski definition) is 0. The van der Waals surface area contributed by atoms with E-state index in [4.69, 9.17) is 4.74 Å². The number of hydrogen-bond acceptors (Lipinski definition) is 2. The van der Waals surface area contributed by atoms with E-state index in [1.807, 2.05) is 77.9 Å². The lowest BCUT2D eigenvalue weighted by molar-refractivity contribution is 0.462. The molecule has 19 heavy (non-hydrogen) atoms. The zero-order valence-electron chi connectivity index (χ0n) is 12.9. The first-order chi connectivity index (χ1) is 9.24. The van der Waals surface area contributed by atoms with Crippen LogP contribution < -0.4 is 4.74 Å². The molecule has 0 N–H and O–H groups in total. The maximum Gasteiger partial charge on any atom is 0.219 e. The highest BCUT2D eigenvalue weighted by molar-refractivity contribution is 5.31. The predicted molar refractivity (Wildman–Crippen MR) is 82.9 cm³/mol. The number of aromatic nitrogens is 1. The highest BCUT2D eigenvalue weighted by Crippen LogP contribution is 2.19. The molecule has 0 unspecified atom stereocenters. The Morgan fingerprint density at radius 1 is 0.842 bits per heavy atom. The molecule has 0 aliphatic heterocycles. The Balaban J connectivity index is 0.000000741. The third-order valence-corrected chi connectivity index (χ3v) is 2.10. The molecule has 1 aromatic carbocycles. The SMILES string of the molecule is CC.CC.Cc1ccc(Oc2cccc(C)c2)nc1. The number of pyridine rings is 1. The highest BCUT2D eigenvalue weighted by Gasteiger charge is 1.97. The van der Waals surface area contributed by atoms with Gasteiger partial charge in [0, 0.05) is 12.3 Å². The minimum Gasteiger partial charge on any atom is -0.439 e. The van der Waals surface area contributed by atoms with Gasteiger partial charge in [-0.25, -0.2) is 4.98 Å². The summed E-state index contributed by atoms with van der Waals surface area (Å²) in [4.78, 5) is 4.18. The van der Waals surface area contributed by atoms with Crippen LogP contribution in [0.4, 0.5) is 0 Å². The van der Waals surface area contributed by atoms with E-state index >= 15 is 0 Å². The van der Waals surface area contributed by atoms with E-state index < -0.39 is 0 Å². The Morgan fingerprint density at radius 3 is 2.05 bits per heavy atom. The molecule has 0 atom stereocenters. The fourth-order valence-corrected chi connectivity index (χ4v) is 1.31. The predicted octanol–water partition coefficient (Wildman–Crippen LogP) is 5.54. The Bertz CT molecular complexity index is 449. The second kappa shape index (κ2) is 10.1. The van der Waals surface area contributed by atoms with Crippen molar-refractivity contribution in [3.05, 3.63) is 53.7 Å². The van der Waals surface area contributed by atoms with Crippen LogP contribution in [-0.4, -0.2) is 4.98 Å². The third-order valence-electron chi connectivity index (χ3n) is 2.10. The lowest BCUT2D eigenvalue weighted by Gasteiger charge is -2.04. The molecule has 2 heteroatoms. The van der Waals surface area contributed by atoms with Gasteiger partial charge in [0.1, 0.15) is 5.75 Å². The number of benzene rings is 1. The Kier molecular flexibility index (Phi) is 9.15. The Labute approximate surface area is 117 Å². The molecule has 0 spiro atoms. The first-order valence-corrected chi connectivity index (χ1v) is 6.91. The molecular weight excluding hydrogens is 234 g/mol. The summed E-state index contributed by atoms with van der Waals surface area (Å²) < 4.78 is 5.60. The second-order valence-corrected chi connectivity index (χ2v) is 3.59. The van der Waals surface area contributed by atoms with Crippen LogP contribution in [-0.2, 0) is 0 Å². The minimum atomic E-state index is 0.631. The third kappa shape index (κ3) is 6.61. The van der Waals surface area contributed by atoms with Gasteiger partial charge in [0.05, 0.1) is 0 Å². The summed E-state index contributed by atoms with van der Waals surface area (Å²) in [5.74, 6) is 1.46. The topological polar surface area (TPSA) is 22.1 Å². The van der Waals surface area contributed by atoms with Crippen molar-refractivity contribution in [1.29, 1.82) is 0 Å². The summed E-state index contributed by atoms with van der Waals surface area (Å²) in [6, 6.07) is 11.8. The smallest absolute Gasteiger partial charge is 0.219 e. The van der Waals surface area contributed by atoms with Crippen LogP contribution in [0.3, 0.4) is 0 Å². The van der Waals surface area contributed by atoms with E-state index in [0.29, 0.717) is 5.88 Å². The van der Waals surface area contributed by atoms with Crippen LogP contribution >= 0.6 is 0 Å². The molecule has 0 aliphatic carbocycles. The largest absolute Gasteiger partial charge is 0.439 e. The van der Waals surface area contributed by atoms with Gasteiger partial charge in [-0.05, 0) is 37.1 Å². The van der Waals surface area contributed by atoms with Crippen molar-refractivity contribution >= 4 is 0 Å². The van der Waals surface area contributed by atoms with Gasteiger partial charge in [-0.15, -0.1) is 0 Å². The molecule has 1 aromatic heterocycles. The molecule has 0 fully saturated rings. The van der Waals surface area contributed by atoms with Crippen molar-refractivity contribution in [3.8, 4) is 11.6 Å². The Morgan fingerprint density at radius 2 is 1.53 bits per heavy atom. The summed E-state index contributed by atoms with van der Waals surface area (Å²) >= 11 is 0. The van der Waals surface area contributed by atoms with Crippen molar-refractivity contribution in [3.63, 3.8) is 0 Å². The Hall–Kier alpha value is -1.83. The first kappa shape index (κ1) is 17.2. The molecular formula is C17H25NO. The second-order valence-electron chi connectivity index (χ2n) is 3.59. The van der Waals surface area contributed by atoms with Gasteiger partial charge in [0.25, 0.3) is 0 Å². The maximum absolute atomic E-state index is 5.60. The van der Waals surface area contributed by atoms with Crippen LogP contribution in [0.25, 0.3) is 0 Å².